The molecule has 1 aromatic heterocycles. The summed E-state index contributed by atoms with van der Waals surface area (Å²) in [4.78, 5) is 17.2. The largest absolute Gasteiger partial charge is 0.416 e. The highest BCUT2D eigenvalue weighted by atomic mass is 19.4. The monoisotopic (exact) mass is 539 g/mol. The molecule has 7 rings (SSSR count). The summed E-state index contributed by atoms with van der Waals surface area (Å²) in [6, 6.07) is 10.6. The minimum Gasteiger partial charge on any atom is -0.379 e. The first kappa shape index (κ1) is 24.7. The van der Waals surface area contributed by atoms with Gasteiger partial charge in [-0.05, 0) is 47.4 Å². The lowest BCUT2D eigenvalue weighted by Gasteiger charge is -2.42. The van der Waals surface area contributed by atoms with E-state index in [4.69, 9.17) is 9.47 Å². The summed E-state index contributed by atoms with van der Waals surface area (Å²) in [5, 5.41) is 8.18. The molecule has 5 heterocycles. The van der Waals surface area contributed by atoms with Crippen molar-refractivity contribution in [1.29, 1.82) is 0 Å². The van der Waals surface area contributed by atoms with Gasteiger partial charge in [-0.1, -0.05) is 12.1 Å². The molecule has 0 saturated carbocycles. The molecule has 0 spiro atoms. The number of anilines is 1. The second-order valence-electron chi connectivity index (χ2n) is 11.2. The van der Waals surface area contributed by atoms with Crippen molar-refractivity contribution in [2.75, 3.05) is 31.3 Å². The smallest absolute Gasteiger partial charge is 0.379 e. The van der Waals surface area contributed by atoms with Crippen molar-refractivity contribution in [1.82, 2.24) is 19.7 Å². The lowest BCUT2D eigenvalue weighted by atomic mass is 9.75. The average Bonchev–Trinajstić information content (AvgIpc) is 3.66. The first-order chi connectivity index (χ1) is 18.7. The maximum absolute atomic E-state index is 14.2. The molecule has 1 amide bonds. The van der Waals surface area contributed by atoms with E-state index in [1.54, 1.807) is 18.5 Å². The Balaban J connectivity index is 1.20. The van der Waals surface area contributed by atoms with E-state index >= 15 is 0 Å². The Kier molecular flexibility index (Phi) is 5.63. The van der Waals surface area contributed by atoms with Crippen LogP contribution in [-0.4, -0.2) is 64.1 Å². The normalized spacial score (nSPS) is 23.9. The molecule has 3 saturated heterocycles. The van der Waals surface area contributed by atoms with Crippen LogP contribution in [0.1, 0.15) is 44.9 Å². The molecule has 4 aliphatic rings. The highest BCUT2D eigenvalue weighted by Crippen LogP contribution is 2.42. The summed E-state index contributed by atoms with van der Waals surface area (Å²) < 4.78 is 55.8. The minimum absolute atomic E-state index is 0.0358. The molecular weight excluding hydrogens is 511 g/mol. The summed E-state index contributed by atoms with van der Waals surface area (Å²) in [5.41, 5.74) is 1.14. The maximum Gasteiger partial charge on any atom is 0.416 e. The molecule has 2 aromatic carbocycles. The quantitative estimate of drug-likeness (QED) is 0.478. The summed E-state index contributed by atoms with van der Waals surface area (Å²) in [6.45, 7) is 2.53. The number of alkyl halides is 3. The molecule has 11 heteroatoms. The van der Waals surface area contributed by atoms with Crippen molar-refractivity contribution in [3.8, 4) is 0 Å². The topological polar surface area (TPSA) is 72.7 Å². The maximum atomic E-state index is 14.2. The number of amides is 1. The second-order valence-corrected chi connectivity index (χ2v) is 11.2. The zero-order chi connectivity index (χ0) is 26.9. The van der Waals surface area contributed by atoms with Gasteiger partial charge in [0.15, 0.2) is 0 Å². The number of aromatic nitrogens is 3. The van der Waals surface area contributed by atoms with Crippen molar-refractivity contribution in [3.05, 3.63) is 76.4 Å². The van der Waals surface area contributed by atoms with E-state index < -0.39 is 17.6 Å². The molecule has 2 atom stereocenters. The van der Waals surface area contributed by atoms with E-state index in [1.165, 1.54) is 11.0 Å². The van der Waals surface area contributed by atoms with Gasteiger partial charge in [-0.25, -0.2) is 0 Å². The van der Waals surface area contributed by atoms with Gasteiger partial charge in [-0.15, -0.1) is 10.2 Å². The van der Waals surface area contributed by atoms with Crippen LogP contribution in [0.25, 0.3) is 0 Å². The second kappa shape index (κ2) is 8.87. The Morgan fingerprint density at radius 2 is 2.03 bits per heavy atom. The average molecular weight is 540 g/mol. The predicted octanol–water partition coefficient (Wildman–Crippen LogP) is 3.48. The number of hydrogen-bond acceptors (Lipinski definition) is 6. The van der Waals surface area contributed by atoms with Crippen LogP contribution in [-0.2, 0) is 47.6 Å². The van der Waals surface area contributed by atoms with Gasteiger partial charge < -0.3 is 18.9 Å². The van der Waals surface area contributed by atoms with Crippen molar-refractivity contribution >= 4 is 11.6 Å². The standard InChI is InChI=1S/C28H28F3N5O3/c1-34-16-32-33-25(34)9-27(14-38-15-27)18-3-2-4-19(7-18)36-12-23-22(26(36)37)5-17(6-24(23)28(29,30)31)10-35-11-21-8-20(35)13-39-21/h2-7,16,20-21H,8-15H2,1H3. The summed E-state index contributed by atoms with van der Waals surface area (Å²) in [5.74, 6) is 0.404. The molecule has 2 bridgehead atoms. The molecule has 3 fully saturated rings. The fraction of sp³-hybridized carbons (Fsp3) is 0.464. The van der Waals surface area contributed by atoms with E-state index in [-0.39, 0.29) is 35.2 Å². The summed E-state index contributed by atoms with van der Waals surface area (Å²) in [7, 11) is 1.88. The number of likely N-dealkylation sites (tertiary alicyclic amines) is 1. The molecule has 3 aromatic rings. The number of carbonyl (C=O) groups excluding carboxylic acids is 1. The van der Waals surface area contributed by atoms with E-state index in [1.807, 2.05) is 29.8 Å². The third-order valence-corrected chi connectivity index (χ3v) is 8.63. The number of fused-ring (bicyclic) bond motifs is 3. The third-order valence-electron chi connectivity index (χ3n) is 8.63. The molecule has 0 aliphatic carbocycles. The van der Waals surface area contributed by atoms with Gasteiger partial charge in [0.05, 0.1) is 38.0 Å². The van der Waals surface area contributed by atoms with Crippen molar-refractivity contribution in [2.45, 2.75) is 49.7 Å². The Labute approximate surface area is 223 Å². The zero-order valence-electron chi connectivity index (χ0n) is 21.4. The molecule has 4 aliphatic heterocycles. The highest BCUT2D eigenvalue weighted by molar-refractivity contribution is 6.10. The molecular formula is C28H28F3N5O3. The fourth-order valence-electron chi connectivity index (χ4n) is 6.42. The van der Waals surface area contributed by atoms with E-state index in [2.05, 4.69) is 15.1 Å². The number of morpholine rings is 1. The number of aryl methyl sites for hydroxylation is 1. The van der Waals surface area contributed by atoms with Crippen LogP contribution < -0.4 is 4.90 Å². The molecule has 2 unspecified atom stereocenters. The van der Waals surface area contributed by atoms with Crippen LogP contribution in [0.2, 0.25) is 0 Å². The van der Waals surface area contributed by atoms with E-state index in [0.717, 1.165) is 17.8 Å². The number of benzene rings is 2. The lowest BCUT2D eigenvalue weighted by molar-refractivity contribution is -0.138. The summed E-state index contributed by atoms with van der Waals surface area (Å²) in [6.07, 6.45) is -1.26. The van der Waals surface area contributed by atoms with Crippen LogP contribution in [0.5, 0.6) is 0 Å². The Hall–Kier alpha value is -3.28. The van der Waals surface area contributed by atoms with Crippen LogP contribution in [0, 0.1) is 0 Å². The van der Waals surface area contributed by atoms with Crippen molar-refractivity contribution < 1.29 is 27.4 Å². The van der Waals surface area contributed by atoms with Crippen LogP contribution >= 0.6 is 0 Å². The van der Waals surface area contributed by atoms with Gasteiger partial charge in [-0.3, -0.25) is 9.69 Å². The van der Waals surface area contributed by atoms with Crippen LogP contribution in [0.4, 0.5) is 18.9 Å². The number of rotatable bonds is 6. The van der Waals surface area contributed by atoms with Gasteiger partial charge in [0, 0.05) is 49.3 Å². The Morgan fingerprint density at radius 1 is 1.18 bits per heavy atom. The molecule has 8 nitrogen and oxygen atoms in total. The Bertz CT molecular complexity index is 1450. The van der Waals surface area contributed by atoms with Crippen molar-refractivity contribution in [3.63, 3.8) is 0 Å². The predicted molar refractivity (Wildman–Crippen MR) is 134 cm³/mol. The molecule has 0 N–H and O–H groups in total. The molecule has 0 radical (unpaired) electrons. The zero-order valence-corrected chi connectivity index (χ0v) is 21.4. The first-order valence-corrected chi connectivity index (χ1v) is 13.1. The number of ether oxygens (including phenoxy) is 2. The number of halogens is 3. The van der Waals surface area contributed by atoms with Crippen LogP contribution in [0.3, 0.4) is 0 Å². The number of carbonyl (C=O) groups is 1. The number of hydrogen-bond donors (Lipinski definition) is 0. The van der Waals surface area contributed by atoms with E-state index in [9.17, 15) is 18.0 Å². The lowest BCUT2D eigenvalue weighted by Crippen LogP contribution is -2.49. The minimum atomic E-state index is -4.56. The van der Waals surface area contributed by atoms with Gasteiger partial charge in [0.2, 0.25) is 0 Å². The SMILES string of the molecule is Cn1cnnc1CC1(c2cccc(N3Cc4c(cc(CN5CC6CC5CO6)cc4C(F)(F)F)C3=O)c2)COC1. The molecule has 204 valence electrons. The van der Waals surface area contributed by atoms with Gasteiger partial charge in [0.25, 0.3) is 5.91 Å². The Morgan fingerprint density at radius 3 is 2.67 bits per heavy atom. The fourth-order valence-corrected chi connectivity index (χ4v) is 6.42. The summed E-state index contributed by atoms with van der Waals surface area (Å²) >= 11 is 0. The number of nitrogens with zero attached hydrogens (tertiary/aromatic N) is 5. The molecule has 39 heavy (non-hydrogen) atoms. The van der Waals surface area contributed by atoms with Gasteiger partial charge in [-0.2, -0.15) is 13.2 Å². The van der Waals surface area contributed by atoms with Gasteiger partial charge in [0.1, 0.15) is 12.2 Å². The van der Waals surface area contributed by atoms with E-state index in [0.29, 0.717) is 50.6 Å². The first-order valence-electron chi connectivity index (χ1n) is 13.1. The van der Waals surface area contributed by atoms with Gasteiger partial charge >= 0.3 is 6.18 Å². The van der Waals surface area contributed by atoms with Crippen LogP contribution in [0.15, 0.2) is 42.7 Å². The van der Waals surface area contributed by atoms with Crippen molar-refractivity contribution in [2.24, 2.45) is 7.05 Å². The highest BCUT2D eigenvalue weighted by Gasteiger charge is 2.44. The third kappa shape index (κ3) is 4.14.